The first kappa shape index (κ1) is 14.5. The summed E-state index contributed by atoms with van der Waals surface area (Å²) >= 11 is 2.74. The summed E-state index contributed by atoms with van der Waals surface area (Å²) in [6.07, 6.45) is 2.15. The van der Waals surface area contributed by atoms with Crippen LogP contribution in [0.25, 0.3) is 0 Å². The minimum Gasteiger partial charge on any atom is -0.296 e. The van der Waals surface area contributed by atoms with E-state index in [1.54, 1.807) is 5.38 Å². The van der Waals surface area contributed by atoms with E-state index in [-0.39, 0.29) is 11.3 Å². The van der Waals surface area contributed by atoms with Crippen LogP contribution in [0, 0.1) is 6.92 Å². The quantitative estimate of drug-likeness (QED) is 0.786. The molecule has 1 aliphatic rings. The number of benzene rings is 1. The molecule has 1 saturated carbocycles. The first-order chi connectivity index (χ1) is 11.2. The Hall–Kier alpha value is -2.12. The molecule has 3 aromatic rings. The van der Waals surface area contributed by atoms with Gasteiger partial charge in [0.05, 0.1) is 11.3 Å². The van der Waals surface area contributed by atoms with E-state index in [1.807, 2.05) is 25.1 Å². The Labute approximate surface area is 141 Å². The zero-order chi connectivity index (χ0) is 15.9. The monoisotopic (exact) mass is 342 g/mol. The number of rotatable bonds is 4. The molecule has 0 atom stereocenters. The molecule has 0 spiro atoms. The average molecular weight is 342 g/mol. The second-order valence-electron chi connectivity index (χ2n) is 5.63. The van der Waals surface area contributed by atoms with Crippen molar-refractivity contribution in [3.8, 4) is 0 Å². The van der Waals surface area contributed by atoms with Gasteiger partial charge in [0.15, 0.2) is 0 Å². The van der Waals surface area contributed by atoms with Crippen LogP contribution in [0.15, 0.2) is 35.7 Å². The first-order valence-corrected chi connectivity index (χ1v) is 8.96. The third kappa shape index (κ3) is 2.55. The summed E-state index contributed by atoms with van der Waals surface area (Å²) in [5.41, 5.74) is 2.59. The van der Waals surface area contributed by atoms with Crippen LogP contribution in [0.2, 0.25) is 0 Å². The maximum atomic E-state index is 12.2. The van der Waals surface area contributed by atoms with E-state index in [0.717, 1.165) is 23.5 Å². The van der Waals surface area contributed by atoms with Crippen LogP contribution in [-0.4, -0.2) is 20.5 Å². The Morgan fingerprint density at radius 1 is 1.22 bits per heavy atom. The van der Waals surface area contributed by atoms with Gasteiger partial charge in [0, 0.05) is 10.8 Å². The van der Waals surface area contributed by atoms with Crippen LogP contribution >= 0.6 is 22.9 Å². The van der Waals surface area contributed by atoms with Crippen molar-refractivity contribution in [2.24, 2.45) is 0 Å². The summed E-state index contributed by atoms with van der Waals surface area (Å²) in [4.78, 5) is 12.2. The fourth-order valence-electron chi connectivity index (χ4n) is 2.65. The molecule has 2 heterocycles. The highest BCUT2D eigenvalue weighted by Gasteiger charge is 2.48. The minimum atomic E-state index is -0.177. The molecule has 1 aliphatic carbocycles. The number of carbonyl (C=O) groups excluding carboxylic acids is 1. The van der Waals surface area contributed by atoms with Crippen molar-refractivity contribution in [2.75, 3.05) is 5.32 Å². The first-order valence-electron chi connectivity index (χ1n) is 7.31. The van der Waals surface area contributed by atoms with E-state index >= 15 is 0 Å². The van der Waals surface area contributed by atoms with Crippen molar-refractivity contribution in [3.05, 3.63) is 57.5 Å². The number of aromatic nitrogens is 3. The number of hydrogen-bond acceptors (Lipinski definition) is 6. The molecular weight excluding hydrogens is 328 g/mol. The second kappa shape index (κ2) is 5.50. The molecule has 0 bridgehead atoms. The Morgan fingerprint density at radius 2 is 2.00 bits per heavy atom. The lowest BCUT2D eigenvalue weighted by Crippen LogP contribution is -2.12. The van der Waals surface area contributed by atoms with Crippen LogP contribution in [0.5, 0.6) is 0 Å². The van der Waals surface area contributed by atoms with Crippen molar-refractivity contribution in [2.45, 2.75) is 25.2 Å². The third-order valence-electron chi connectivity index (χ3n) is 4.13. The van der Waals surface area contributed by atoms with Crippen LogP contribution in [-0.2, 0) is 5.41 Å². The van der Waals surface area contributed by atoms with Gasteiger partial charge in [-0.3, -0.25) is 10.1 Å². The number of anilines is 1. The van der Waals surface area contributed by atoms with Crippen molar-refractivity contribution in [3.63, 3.8) is 0 Å². The highest BCUT2D eigenvalue weighted by atomic mass is 32.1. The van der Waals surface area contributed by atoms with E-state index in [2.05, 4.69) is 32.0 Å². The smallest absolute Gasteiger partial charge is 0.260 e. The SMILES string of the molecule is Cc1nscc1C(=O)Nc1nnc(C2(c3ccccc3)CC2)s1. The molecule has 5 nitrogen and oxygen atoms in total. The topological polar surface area (TPSA) is 67.8 Å². The molecule has 0 radical (unpaired) electrons. The molecule has 1 N–H and O–H groups in total. The molecule has 2 aromatic heterocycles. The van der Waals surface area contributed by atoms with Crippen LogP contribution in [0.3, 0.4) is 0 Å². The summed E-state index contributed by atoms with van der Waals surface area (Å²) in [5.74, 6) is -0.177. The zero-order valence-electron chi connectivity index (χ0n) is 12.4. The molecule has 1 aromatic carbocycles. The zero-order valence-corrected chi connectivity index (χ0v) is 14.1. The number of carbonyl (C=O) groups is 1. The summed E-state index contributed by atoms with van der Waals surface area (Å²) in [6, 6.07) is 10.4. The molecule has 4 rings (SSSR count). The molecule has 7 heteroatoms. The lowest BCUT2D eigenvalue weighted by atomic mass is 9.97. The number of aryl methyl sites for hydroxylation is 1. The van der Waals surface area contributed by atoms with E-state index in [9.17, 15) is 4.79 Å². The van der Waals surface area contributed by atoms with Crippen molar-refractivity contribution in [1.29, 1.82) is 0 Å². The number of hydrogen-bond donors (Lipinski definition) is 1. The van der Waals surface area contributed by atoms with Crippen LogP contribution in [0.1, 0.15) is 39.5 Å². The van der Waals surface area contributed by atoms with Crippen LogP contribution in [0.4, 0.5) is 5.13 Å². The number of nitrogens with zero attached hydrogens (tertiary/aromatic N) is 3. The third-order valence-corrected chi connectivity index (χ3v) is 5.89. The predicted octanol–water partition coefficient (Wildman–Crippen LogP) is 3.64. The Morgan fingerprint density at radius 3 is 2.65 bits per heavy atom. The molecule has 0 unspecified atom stereocenters. The summed E-state index contributed by atoms with van der Waals surface area (Å²) < 4.78 is 4.12. The lowest BCUT2D eigenvalue weighted by molar-refractivity contribution is 0.102. The van der Waals surface area contributed by atoms with Gasteiger partial charge in [-0.1, -0.05) is 41.7 Å². The maximum absolute atomic E-state index is 12.2. The highest BCUT2D eigenvalue weighted by molar-refractivity contribution is 7.15. The maximum Gasteiger partial charge on any atom is 0.260 e. The Balaban J connectivity index is 1.56. The van der Waals surface area contributed by atoms with Gasteiger partial charge in [0.25, 0.3) is 5.91 Å². The molecule has 0 aliphatic heterocycles. The molecule has 1 amide bonds. The van der Waals surface area contributed by atoms with Crippen molar-refractivity contribution < 1.29 is 4.79 Å². The van der Waals surface area contributed by atoms with Gasteiger partial charge >= 0.3 is 0 Å². The number of nitrogens with one attached hydrogen (secondary N) is 1. The normalized spacial score (nSPS) is 15.3. The van der Waals surface area contributed by atoms with E-state index < -0.39 is 0 Å². The fourth-order valence-corrected chi connectivity index (χ4v) is 4.35. The van der Waals surface area contributed by atoms with Gasteiger partial charge < -0.3 is 0 Å². The summed E-state index contributed by atoms with van der Waals surface area (Å²) in [7, 11) is 0. The van der Waals surface area contributed by atoms with Gasteiger partial charge in [0.2, 0.25) is 5.13 Å². The van der Waals surface area contributed by atoms with Gasteiger partial charge in [0.1, 0.15) is 5.01 Å². The fraction of sp³-hybridized carbons (Fsp3) is 0.250. The largest absolute Gasteiger partial charge is 0.296 e. The van der Waals surface area contributed by atoms with Crippen LogP contribution < -0.4 is 5.32 Å². The second-order valence-corrected chi connectivity index (χ2v) is 7.23. The van der Waals surface area contributed by atoms with Gasteiger partial charge in [-0.2, -0.15) is 4.37 Å². The average Bonchev–Trinajstić information content (AvgIpc) is 3.05. The summed E-state index contributed by atoms with van der Waals surface area (Å²) in [5, 5.41) is 14.6. The minimum absolute atomic E-state index is 0.0121. The molecule has 116 valence electrons. The van der Waals surface area contributed by atoms with Gasteiger partial charge in [-0.15, -0.1) is 10.2 Å². The standard InChI is InChI=1S/C16H14N4OS2/c1-10-12(9-22-20-10)13(21)17-15-19-18-14(23-15)16(7-8-16)11-5-3-2-4-6-11/h2-6,9H,7-8H2,1H3,(H,17,19,21). The van der Waals surface area contributed by atoms with Crippen molar-refractivity contribution >= 4 is 33.9 Å². The Kier molecular flexibility index (Phi) is 3.46. The van der Waals surface area contributed by atoms with Crippen molar-refractivity contribution in [1.82, 2.24) is 14.6 Å². The number of amides is 1. The van der Waals surface area contributed by atoms with E-state index in [0.29, 0.717) is 10.7 Å². The van der Waals surface area contributed by atoms with E-state index in [1.165, 1.54) is 28.4 Å². The summed E-state index contributed by atoms with van der Waals surface area (Å²) in [6.45, 7) is 1.82. The predicted molar refractivity (Wildman–Crippen MR) is 91.2 cm³/mol. The lowest BCUT2D eigenvalue weighted by Gasteiger charge is -2.10. The molecule has 23 heavy (non-hydrogen) atoms. The molecular formula is C16H14N4OS2. The van der Waals surface area contributed by atoms with E-state index in [4.69, 9.17) is 0 Å². The molecule has 0 saturated heterocycles. The highest BCUT2D eigenvalue weighted by Crippen LogP contribution is 2.54. The van der Waals surface area contributed by atoms with Gasteiger partial charge in [-0.25, -0.2) is 0 Å². The van der Waals surface area contributed by atoms with Gasteiger partial charge in [-0.05, 0) is 36.9 Å². The Bertz CT molecular complexity index is 852. The molecule has 1 fully saturated rings.